The molecule has 0 saturated carbocycles. The zero-order chi connectivity index (χ0) is 27.2. The van der Waals surface area contributed by atoms with Crippen molar-refractivity contribution in [1.29, 1.82) is 5.26 Å². The number of carbonyl (C=O) groups excluding carboxylic acids is 1. The number of halogens is 1. The Bertz CT molecular complexity index is 1500. The van der Waals surface area contributed by atoms with Gasteiger partial charge in [0, 0.05) is 27.6 Å². The van der Waals surface area contributed by atoms with Gasteiger partial charge in [-0.15, -0.1) is 0 Å². The Hall–Kier alpha value is -2.95. The van der Waals surface area contributed by atoms with Crippen molar-refractivity contribution in [3.05, 3.63) is 83.0 Å². The maximum Gasteiger partial charge on any atom is 0.356 e. The summed E-state index contributed by atoms with van der Waals surface area (Å²) >= 11 is 6.36. The van der Waals surface area contributed by atoms with Crippen molar-refractivity contribution in [2.45, 2.75) is 32.9 Å². The summed E-state index contributed by atoms with van der Waals surface area (Å²) in [5.74, 6) is -0.790. The lowest BCUT2D eigenvalue weighted by Crippen LogP contribution is -2.30. The van der Waals surface area contributed by atoms with Gasteiger partial charge in [0.05, 0.1) is 37.2 Å². The predicted octanol–water partition coefficient (Wildman–Crippen LogP) is 5.43. The number of hydrogen-bond acceptors (Lipinski definition) is 6. The van der Waals surface area contributed by atoms with Gasteiger partial charge in [-0.05, 0) is 58.0 Å². The van der Waals surface area contributed by atoms with E-state index < -0.39 is 29.4 Å². The molecular formula is C27H28ClN2O5PS. The first kappa shape index (κ1) is 28.6. The van der Waals surface area contributed by atoms with Crippen LogP contribution in [0.15, 0.2) is 66.8 Å². The van der Waals surface area contributed by atoms with E-state index in [9.17, 15) is 18.5 Å². The predicted molar refractivity (Wildman–Crippen MR) is 150 cm³/mol. The normalized spacial score (nSPS) is 13.7. The van der Waals surface area contributed by atoms with Crippen molar-refractivity contribution >= 4 is 57.3 Å². The summed E-state index contributed by atoms with van der Waals surface area (Å²) in [5, 5.41) is 10.4. The quantitative estimate of drug-likeness (QED) is 0.187. The second-order valence-electron chi connectivity index (χ2n) is 7.88. The number of carbonyl (C=O) groups is 1. The molecule has 1 aromatic heterocycles. The molecule has 0 aliphatic rings. The highest BCUT2D eigenvalue weighted by molar-refractivity contribution is 7.91. The largest absolute Gasteiger partial charge is 0.461 e. The zero-order valence-corrected chi connectivity index (χ0v) is 23.5. The van der Waals surface area contributed by atoms with Gasteiger partial charge in [0.25, 0.3) is 0 Å². The number of ether oxygens (including phenoxy) is 1. The van der Waals surface area contributed by atoms with Gasteiger partial charge in [-0.2, -0.15) is 5.26 Å². The van der Waals surface area contributed by atoms with E-state index in [1.54, 1.807) is 80.6 Å². The number of nitrogens with zero attached hydrogens (tertiary/aromatic N) is 2. The number of hydrogen-bond donors (Lipinski definition) is 0. The van der Waals surface area contributed by atoms with Crippen LogP contribution in [-0.2, 0) is 19.3 Å². The summed E-state index contributed by atoms with van der Waals surface area (Å²) in [6.07, 6.45) is 6.72. The van der Waals surface area contributed by atoms with Gasteiger partial charge in [-0.25, -0.2) is 17.2 Å². The molecule has 37 heavy (non-hydrogen) atoms. The highest BCUT2D eigenvalue weighted by Gasteiger charge is 2.36. The number of rotatable bonds is 10. The summed E-state index contributed by atoms with van der Waals surface area (Å²) in [5.41, 5.74) is 0.573. The third-order valence-corrected chi connectivity index (χ3v) is 9.75. The van der Waals surface area contributed by atoms with Crippen molar-refractivity contribution < 1.29 is 22.5 Å². The molecule has 2 atom stereocenters. The lowest BCUT2D eigenvalue weighted by Gasteiger charge is -2.20. The molecule has 0 amide bonds. The SMILES string of the molecule is C/C=C\C=C/C(C)S(=O)(=O)n1c(C(=O)OCC)c(P(OCC)c2cccc(C#N)c2)c2cc(Cl)ccc21. The smallest absolute Gasteiger partial charge is 0.356 e. The zero-order valence-electron chi connectivity index (χ0n) is 21.0. The number of esters is 1. The Morgan fingerprint density at radius 1 is 1.19 bits per heavy atom. The second kappa shape index (κ2) is 12.5. The molecule has 0 aliphatic heterocycles. The van der Waals surface area contributed by atoms with Gasteiger partial charge in [0.15, 0.2) is 5.69 Å². The van der Waals surface area contributed by atoms with E-state index in [2.05, 4.69) is 6.07 Å². The Labute approximate surface area is 223 Å². The monoisotopic (exact) mass is 558 g/mol. The standard InChI is InChI=1S/C27H28ClN2O5PS/c1-5-8-9-11-19(4)37(32,33)30-24-15-14-21(28)17-23(24)26(25(30)27(31)34-6-2)36(35-7-3)22-13-10-12-20(16-22)18-29/h5,8-17,19H,6-7H2,1-4H3/b8-5-,11-9-. The lowest BCUT2D eigenvalue weighted by molar-refractivity contribution is 0.0520. The Morgan fingerprint density at radius 3 is 2.59 bits per heavy atom. The molecule has 0 saturated heterocycles. The summed E-state index contributed by atoms with van der Waals surface area (Å²) in [6.45, 7) is 7.17. The fourth-order valence-corrected chi connectivity index (χ4v) is 7.53. The molecular weight excluding hydrogens is 531 g/mol. The first-order chi connectivity index (χ1) is 17.7. The van der Waals surface area contributed by atoms with Crippen LogP contribution in [0.3, 0.4) is 0 Å². The van der Waals surface area contributed by atoms with Gasteiger partial charge >= 0.3 is 5.97 Å². The number of nitriles is 1. The highest BCUT2D eigenvalue weighted by Crippen LogP contribution is 2.42. The lowest BCUT2D eigenvalue weighted by atomic mass is 10.2. The number of allylic oxidation sites excluding steroid dienone is 3. The number of fused-ring (bicyclic) bond motifs is 1. The number of aromatic nitrogens is 1. The second-order valence-corrected chi connectivity index (χ2v) is 12.3. The van der Waals surface area contributed by atoms with E-state index in [1.807, 2.05) is 13.8 Å². The van der Waals surface area contributed by atoms with E-state index in [0.29, 0.717) is 26.6 Å². The van der Waals surface area contributed by atoms with E-state index in [4.69, 9.17) is 20.9 Å². The molecule has 0 spiro atoms. The molecule has 10 heteroatoms. The minimum Gasteiger partial charge on any atom is -0.461 e. The molecule has 0 aliphatic carbocycles. The molecule has 2 aromatic carbocycles. The molecule has 0 N–H and O–H groups in total. The summed E-state index contributed by atoms with van der Waals surface area (Å²) in [4.78, 5) is 13.5. The van der Waals surface area contributed by atoms with Gasteiger partial charge in [-0.1, -0.05) is 48.0 Å². The maximum absolute atomic E-state index is 14.0. The van der Waals surface area contributed by atoms with Crippen LogP contribution in [0.25, 0.3) is 10.9 Å². The van der Waals surface area contributed by atoms with Crippen LogP contribution in [-0.4, -0.2) is 36.8 Å². The average Bonchev–Trinajstić information content (AvgIpc) is 3.22. The third-order valence-electron chi connectivity index (χ3n) is 5.41. The summed E-state index contributed by atoms with van der Waals surface area (Å²) in [7, 11) is -5.85. The van der Waals surface area contributed by atoms with Crippen LogP contribution in [0.2, 0.25) is 5.02 Å². The molecule has 2 unspecified atom stereocenters. The van der Waals surface area contributed by atoms with Crippen LogP contribution in [0.1, 0.15) is 43.7 Å². The van der Waals surface area contributed by atoms with Crippen LogP contribution in [0.4, 0.5) is 0 Å². The maximum atomic E-state index is 14.0. The van der Waals surface area contributed by atoms with Crippen molar-refractivity contribution in [3.63, 3.8) is 0 Å². The molecule has 194 valence electrons. The highest BCUT2D eigenvalue weighted by atomic mass is 35.5. The summed E-state index contributed by atoms with van der Waals surface area (Å²) < 4.78 is 40.5. The van der Waals surface area contributed by atoms with Crippen LogP contribution < -0.4 is 10.6 Å². The first-order valence-electron chi connectivity index (χ1n) is 11.7. The summed E-state index contributed by atoms with van der Waals surface area (Å²) in [6, 6.07) is 13.8. The molecule has 0 radical (unpaired) electrons. The van der Waals surface area contributed by atoms with Gasteiger partial charge in [0.1, 0.15) is 0 Å². The Morgan fingerprint density at radius 2 is 1.95 bits per heavy atom. The van der Waals surface area contributed by atoms with Gasteiger partial charge < -0.3 is 9.26 Å². The topological polar surface area (TPSA) is 98.4 Å². The molecule has 3 aromatic rings. The van der Waals surface area contributed by atoms with Crippen molar-refractivity contribution in [3.8, 4) is 6.07 Å². The van der Waals surface area contributed by atoms with E-state index in [0.717, 1.165) is 3.97 Å². The Balaban J connectivity index is 2.47. The van der Waals surface area contributed by atoms with Crippen molar-refractivity contribution in [2.75, 3.05) is 13.2 Å². The minimum atomic E-state index is -4.12. The van der Waals surface area contributed by atoms with Crippen LogP contribution in [0.5, 0.6) is 0 Å². The molecule has 0 fully saturated rings. The van der Waals surface area contributed by atoms with Crippen LogP contribution in [0, 0.1) is 11.3 Å². The van der Waals surface area contributed by atoms with E-state index in [1.165, 1.54) is 0 Å². The molecule has 0 bridgehead atoms. The Kier molecular flexibility index (Phi) is 9.69. The van der Waals surface area contributed by atoms with E-state index >= 15 is 0 Å². The average molecular weight is 559 g/mol. The molecule has 3 rings (SSSR count). The van der Waals surface area contributed by atoms with Crippen LogP contribution >= 0.6 is 19.7 Å². The fourth-order valence-electron chi connectivity index (χ4n) is 3.76. The fraction of sp³-hybridized carbons (Fsp3) is 0.259. The first-order valence-corrected chi connectivity index (χ1v) is 14.8. The van der Waals surface area contributed by atoms with Crippen molar-refractivity contribution in [2.24, 2.45) is 0 Å². The molecule has 1 heterocycles. The third kappa shape index (κ3) is 5.97. The van der Waals surface area contributed by atoms with Gasteiger partial charge in [-0.3, -0.25) is 0 Å². The van der Waals surface area contributed by atoms with Gasteiger partial charge in [0.2, 0.25) is 10.0 Å². The molecule has 7 nitrogen and oxygen atoms in total. The van der Waals surface area contributed by atoms with E-state index in [-0.39, 0.29) is 24.4 Å². The number of benzene rings is 2. The van der Waals surface area contributed by atoms with Crippen molar-refractivity contribution in [1.82, 2.24) is 3.97 Å². The minimum absolute atomic E-state index is 0.0494.